The zero-order valence-electron chi connectivity index (χ0n) is 12.2. The molecule has 1 atom stereocenters. The van der Waals surface area contributed by atoms with Crippen LogP contribution < -0.4 is 0 Å². The lowest BCUT2D eigenvalue weighted by molar-refractivity contribution is -0.312. The number of benzene rings is 1. The van der Waals surface area contributed by atoms with Crippen molar-refractivity contribution in [1.29, 1.82) is 0 Å². The molecule has 0 saturated heterocycles. The number of aliphatic hydroxyl groups is 1. The van der Waals surface area contributed by atoms with Gasteiger partial charge in [0.1, 0.15) is 0 Å². The summed E-state index contributed by atoms with van der Waals surface area (Å²) in [5, 5.41) is 9.71. The normalized spacial score (nSPS) is 13.7. The number of hydrogen-bond acceptors (Lipinski definition) is 3. The molecule has 0 aliphatic carbocycles. The molecule has 0 fully saturated rings. The van der Waals surface area contributed by atoms with Gasteiger partial charge >= 0.3 is 18.3 Å². The Morgan fingerprint density at radius 3 is 2.04 bits per heavy atom. The molecule has 0 spiro atoms. The van der Waals surface area contributed by atoms with Crippen molar-refractivity contribution in [3.05, 3.63) is 48.0 Å². The van der Waals surface area contributed by atoms with E-state index in [9.17, 15) is 36.2 Å². The molecule has 1 N–H and O–H groups in total. The molecule has 0 radical (unpaired) electrons. The fraction of sp³-hybridized carbons (Fsp3) is 0.400. The van der Waals surface area contributed by atoms with Crippen LogP contribution in [0.1, 0.15) is 12.0 Å². The third-order valence-electron chi connectivity index (χ3n) is 3.03. The summed E-state index contributed by atoms with van der Waals surface area (Å²) < 4.78 is 77.4. The van der Waals surface area contributed by atoms with Crippen molar-refractivity contribution in [2.24, 2.45) is 0 Å². The van der Waals surface area contributed by atoms with Crippen LogP contribution in [-0.2, 0) is 16.0 Å². The van der Waals surface area contributed by atoms with E-state index in [-0.39, 0.29) is 12.8 Å². The monoisotopic (exact) mass is 356 g/mol. The summed E-state index contributed by atoms with van der Waals surface area (Å²) in [7, 11) is 0. The Balaban J connectivity index is 2.67. The molecule has 0 heterocycles. The van der Waals surface area contributed by atoms with Crippen LogP contribution in [-0.4, -0.2) is 35.6 Å². The average molecular weight is 356 g/mol. The number of aliphatic hydroxyl groups excluding tert-OH is 1. The van der Waals surface area contributed by atoms with E-state index in [1.54, 1.807) is 30.3 Å². The molecule has 24 heavy (non-hydrogen) atoms. The predicted octanol–water partition coefficient (Wildman–Crippen LogP) is 3.57. The van der Waals surface area contributed by atoms with Crippen LogP contribution in [0.3, 0.4) is 0 Å². The Labute approximate surface area is 133 Å². The molecular weight excluding hydrogens is 342 g/mol. The van der Waals surface area contributed by atoms with Crippen molar-refractivity contribution < 1.29 is 41.0 Å². The average Bonchev–Trinajstić information content (AvgIpc) is 2.48. The second kappa shape index (κ2) is 7.69. The minimum absolute atomic E-state index is 0.110. The number of ether oxygens (including phenoxy) is 1. The standard InChI is InChI=1S/C15H14F6O3/c1-9(11(22)8-7-10-5-3-2-4-6-10)12(23)24-13(14(16,17)18)15(19,20)21/h2-6,11,13,22H,1,7-8H2/t11-/m0/s1. The summed E-state index contributed by atoms with van der Waals surface area (Å²) in [6.45, 7) is 3.02. The van der Waals surface area contributed by atoms with E-state index in [0.29, 0.717) is 0 Å². The zero-order valence-corrected chi connectivity index (χ0v) is 12.2. The van der Waals surface area contributed by atoms with Gasteiger partial charge in [-0.05, 0) is 18.4 Å². The topological polar surface area (TPSA) is 46.5 Å². The van der Waals surface area contributed by atoms with E-state index in [1.807, 2.05) is 0 Å². The maximum absolute atomic E-state index is 12.3. The molecule has 1 rings (SSSR count). The Kier molecular flexibility index (Phi) is 6.42. The summed E-state index contributed by atoms with van der Waals surface area (Å²) in [5.41, 5.74) is -0.106. The SMILES string of the molecule is C=C(C(=O)OC(C(F)(F)F)C(F)(F)F)[C@@H](O)CCc1ccccc1. The molecule has 3 nitrogen and oxygen atoms in total. The van der Waals surface area contributed by atoms with Gasteiger partial charge in [0, 0.05) is 0 Å². The van der Waals surface area contributed by atoms with Gasteiger partial charge in [0.05, 0.1) is 11.7 Å². The van der Waals surface area contributed by atoms with Crippen molar-refractivity contribution in [2.45, 2.75) is 37.4 Å². The summed E-state index contributed by atoms with van der Waals surface area (Å²) in [6, 6.07) is 8.57. The third-order valence-corrected chi connectivity index (χ3v) is 3.03. The fourth-order valence-electron chi connectivity index (χ4n) is 1.76. The van der Waals surface area contributed by atoms with Crippen LogP contribution in [0.4, 0.5) is 26.3 Å². The van der Waals surface area contributed by atoms with Crippen LogP contribution in [0, 0.1) is 0 Å². The lowest BCUT2D eigenvalue weighted by Crippen LogP contribution is -2.46. The zero-order chi connectivity index (χ0) is 18.5. The van der Waals surface area contributed by atoms with E-state index in [1.165, 1.54) is 0 Å². The lowest BCUT2D eigenvalue weighted by Gasteiger charge is -2.24. The summed E-state index contributed by atoms with van der Waals surface area (Å²) in [5.74, 6) is -1.95. The second-order valence-electron chi connectivity index (χ2n) is 4.93. The van der Waals surface area contributed by atoms with Crippen LogP contribution >= 0.6 is 0 Å². The van der Waals surface area contributed by atoms with Gasteiger partial charge in [-0.1, -0.05) is 36.9 Å². The Hall–Kier alpha value is -2.03. The van der Waals surface area contributed by atoms with Crippen LogP contribution in [0.15, 0.2) is 42.5 Å². The molecule has 0 unspecified atom stereocenters. The molecule has 0 aliphatic heterocycles. The molecule has 1 aromatic carbocycles. The van der Waals surface area contributed by atoms with E-state index in [2.05, 4.69) is 11.3 Å². The minimum Gasteiger partial charge on any atom is -0.439 e. The predicted molar refractivity (Wildman–Crippen MR) is 71.9 cm³/mol. The van der Waals surface area contributed by atoms with Crippen LogP contribution in [0.5, 0.6) is 0 Å². The first-order chi connectivity index (χ1) is 10.9. The molecule has 134 valence electrons. The second-order valence-corrected chi connectivity index (χ2v) is 4.93. The van der Waals surface area contributed by atoms with Crippen LogP contribution in [0.25, 0.3) is 0 Å². The number of carbonyl (C=O) groups is 1. The maximum atomic E-state index is 12.3. The Bertz CT molecular complexity index is 551. The highest BCUT2D eigenvalue weighted by Crippen LogP contribution is 2.36. The van der Waals surface area contributed by atoms with Gasteiger partial charge in [-0.2, -0.15) is 26.3 Å². The number of carbonyl (C=O) groups excluding carboxylic acids is 1. The number of esters is 1. The summed E-state index contributed by atoms with van der Waals surface area (Å²) in [4.78, 5) is 11.4. The van der Waals surface area contributed by atoms with Crippen molar-refractivity contribution in [2.75, 3.05) is 0 Å². The van der Waals surface area contributed by atoms with Gasteiger partial charge < -0.3 is 9.84 Å². The Morgan fingerprint density at radius 1 is 1.08 bits per heavy atom. The largest absolute Gasteiger partial charge is 0.439 e. The number of alkyl halides is 6. The summed E-state index contributed by atoms with van der Waals surface area (Å²) in [6.07, 6.45) is -17.4. The smallest absolute Gasteiger partial charge is 0.434 e. The van der Waals surface area contributed by atoms with E-state index in [4.69, 9.17) is 0 Å². The first-order valence-electron chi connectivity index (χ1n) is 6.68. The van der Waals surface area contributed by atoms with Crippen LogP contribution in [0.2, 0.25) is 0 Å². The maximum Gasteiger partial charge on any atom is 0.434 e. The highest BCUT2D eigenvalue weighted by Gasteiger charge is 2.60. The van der Waals surface area contributed by atoms with Gasteiger partial charge in [-0.15, -0.1) is 0 Å². The first-order valence-corrected chi connectivity index (χ1v) is 6.68. The number of rotatable bonds is 6. The van der Waals surface area contributed by atoms with E-state index >= 15 is 0 Å². The molecule has 9 heteroatoms. The van der Waals surface area contributed by atoms with Crippen molar-refractivity contribution in [3.8, 4) is 0 Å². The molecule has 0 bridgehead atoms. The van der Waals surface area contributed by atoms with Crippen molar-refractivity contribution >= 4 is 5.97 Å². The first kappa shape index (κ1) is 20.0. The molecule has 1 aromatic rings. The molecule has 0 aliphatic rings. The highest BCUT2D eigenvalue weighted by atomic mass is 19.4. The van der Waals surface area contributed by atoms with Gasteiger partial charge in [0.15, 0.2) is 0 Å². The van der Waals surface area contributed by atoms with Gasteiger partial charge in [0.2, 0.25) is 0 Å². The number of hydrogen-bond donors (Lipinski definition) is 1. The Morgan fingerprint density at radius 2 is 1.58 bits per heavy atom. The van der Waals surface area contributed by atoms with Crippen molar-refractivity contribution in [1.82, 2.24) is 0 Å². The molecule has 0 aromatic heterocycles. The molecular formula is C15H14F6O3. The number of aryl methyl sites for hydroxylation is 1. The molecule has 0 amide bonds. The minimum atomic E-state index is -5.82. The van der Waals surface area contributed by atoms with E-state index in [0.717, 1.165) is 5.56 Å². The third kappa shape index (κ3) is 5.88. The van der Waals surface area contributed by atoms with Crippen molar-refractivity contribution in [3.63, 3.8) is 0 Å². The fourth-order valence-corrected chi connectivity index (χ4v) is 1.76. The highest BCUT2D eigenvalue weighted by molar-refractivity contribution is 5.89. The van der Waals surface area contributed by atoms with E-state index < -0.39 is 36.1 Å². The van der Waals surface area contributed by atoms with Gasteiger partial charge in [0.25, 0.3) is 6.10 Å². The van der Waals surface area contributed by atoms with Gasteiger partial charge in [-0.3, -0.25) is 0 Å². The summed E-state index contributed by atoms with van der Waals surface area (Å²) >= 11 is 0. The quantitative estimate of drug-likeness (QED) is 0.482. The van der Waals surface area contributed by atoms with Gasteiger partial charge in [-0.25, -0.2) is 4.79 Å². The number of halogens is 6. The molecule has 0 saturated carbocycles. The lowest BCUT2D eigenvalue weighted by atomic mass is 10.0.